The number of nitrogens with one attached hydrogen (secondary N) is 2. The van der Waals surface area contributed by atoms with Crippen LogP contribution in [0.1, 0.15) is 17.3 Å². The van der Waals surface area contributed by atoms with E-state index in [9.17, 15) is 9.59 Å². The Morgan fingerprint density at radius 2 is 2.14 bits per heavy atom. The highest BCUT2D eigenvalue weighted by Gasteiger charge is 2.13. The van der Waals surface area contributed by atoms with Crippen molar-refractivity contribution in [1.29, 1.82) is 0 Å². The van der Waals surface area contributed by atoms with Gasteiger partial charge in [-0.2, -0.15) is 0 Å². The number of carbonyl (C=O) groups is 2. The fourth-order valence-electron chi connectivity index (χ4n) is 1.32. The maximum Gasteiger partial charge on any atom is 0.426 e. The van der Waals surface area contributed by atoms with Crippen molar-refractivity contribution in [3.63, 3.8) is 0 Å². The van der Waals surface area contributed by atoms with E-state index in [1.54, 1.807) is 19.1 Å². The molecule has 0 fully saturated rings. The molecule has 0 atom stereocenters. The molecule has 2 amide bonds. The Bertz CT molecular complexity index is 565. The number of nitrogens with zero attached hydrogens (tertiary/aromatic N) is 1. The minimum absolute atomic E-state index is 0.0364. The molecule has 0 aliphatic heterocycles. The lowest BCUT2D eigenvalue weighted by atomic mass is 10.1. The van der Waals surface area contributed by atoms with Gasteiger partial charge in [0.25, 0.3) is 5.91 Å². The summed E-state index contributed by atoms with van der Waals surface area (Å²) in [4.78, 5) is 27.2. The van der Waals surface area contributed by atoms with E-state index in [2.05, 4.69) is 36.5 Å². The molecule has 0 unspecified atom stereocenters. The van der Waals surface area contributed by atoms with Crippen molar-refractivity contribution in [2.45, 2.75) is 6.92 Å². The number of hydrazine groups is 1. The van der Waals surface area contributed by atoms with E-state index >= 15 is 0 Å². The van der Waals surface area contributed by atoms with Crippen LogP contribution in [-0.2, 0) is 4.74 Å². The van der Waals surface area contributed by atoms with E-state index in [1.807, 2.05) is 0 Å². The third-order valence-electron chi connectivity index (χ3n) is 2.16. The van der Waals surface area contributed by atoms with E-state index in [-0.39, 0.29) is 23.9 Å². The van der Waals surface area contributed by atoms with Crippen LogP contribution in [0.3, 0.4) is 0 Å². The van der Waals surface area contributed by atoms with Crippen molar-refractivity contribution in [3.05, 3.63) is 28.2 Å². The molecule has 0 aliphatic carbocycles. The van der Waals surface area contributed by atoms with Crippen molar-refractivity contribution < 1.29 is 14.3 Å². The third-order valence-corrected chi connectivity index (χ3v) is 2.93. The highest BCUT2D eigenvalue weighted by Crippen LogP contribution is 2.24. The molecule has 21 heavy (non-hydrogen) atoms. The second-order valence-electron chi connectivity index (χ2n) is 3.70. The predicted octanol–water partition coefficient (Wildman–Crippen LogP) is 2.07. The normalized spacial score (nSPS) is 10.9. The minimum atomic E-state index is -0.756. The zero-order valence-electron chi connectivity index (χ0n) is 11.2. The fourth-order valence-corrected chi connectivity index (χ4v) is 1.72. The summed E-state index contributed by atoms with van der Waals surface area (Å²) in [6.07, 6.45) is -0.756. The summed E-state index contributed by atoms with van der Waals surface area (Å²) in [5.41, 5.74) is 10.4. The first-order valence-electron chi connectivity index (χ1n) is 5.89. The minimum Gasteiger partial charge on any atom is -0.449 e. The number of ether oxygens (including phenoxy) is 1. The Hall–Kier alpha value is -1.80. The SMILES string of the molecule is CCOC(=O)NNC(=O)c1ccc(Br)cc1N=C(N)CCl. The van der Waals surface area contributed by atoms with Gasteiger partial charge in [-0.3, -0.25) is 10.2 Å². The van der Waals surface area contributed by atoms with Crippen molar-refractivity contribution in [2.75, 3.05) is 12.5 Å². The van der Waals surface area contributed by atoms with E-state index < -0.39 is 12.0 Å². The fraction of sp³-hybridized carbons (Fsp3) is 0.250. The maximum atomic E-state index is 12.0. The van der Waals surface area contributed by atoms with E-state index in [4.69, 9.17) is 17.3 Å². The van der Waals surface area contributed by atoms with Crippen LogP contribution in [0.25, 0.3) is 0 Å². The number of hydrogen-bond acceptors (Lipinski definition) is 4. The van der Waals surface area contributed by atoms with Gasteiger partial charge in [0, 0.05) is 4.47 Å². The Labute approximate surface area is 135 Å². The molecule has 0 saturated carbocycles. The second kappa shape index (κ2) is 8.48. The first-order chi connectivity index (χ1) is 9.97. The topological polar surface area (TPSA) is 106 Å². The molecule has 0 radical (unpaired) electrons. The smallest absolute Gasteiger partial charge is 0.426 e. The number of alkyl halides is 1. The summed E-state index contributed by atoms with van der Waals surface area (Å²) in [5.74, 6) is -0.354. The van der Waals surface area contributed by atoms with Crippen molar-refractivity contribution in [2.24, 2.45) is 10.7 Å². The van der Waals surface area contributed by atoms with Gasteiger partial charge in [0.1, 0.15) is 5.84 Å². The van der Waals surface area contributed by atoms with Crippen LogP contribution in [0.5, 0.6) is 0 Å². The van der Waals surface area contributed by atoms with Gasteiger partial charge < -0.3 is 10.5 Å². The molecule has 1 aromatic rings. The molecule has 0 heterocycles. The van der Waals surface area contributed by atoms with Gasteiger partial charge in [-0.15, -0.1) is 11.6 Å². The van der Waals surface area contributed by atoms with Gasteiger partial charge in [0.15, 0.2) is 0 Å². The van der Waals surface area contributed by atoms with Gasteiger partial charge >= 0.3 is 6.09 Å². The van der Waals surface area contributed by atoms with Crippen molar-refractivity contribution >= 4 is 51.1 Å². The molecular weight excluding hydrogens is 364 g/mol. The number of benzene rings is 1. The van der Waals surface area contributed by atoms with Crippen molar-refractivity contribution in [3.8, 4) is 0 Å². The molecule has 9 heteroatoms. The van der Waals surface area contributed by atoms with Gasteiger partial charge in [0.2, 0.25) is 0 Å². The van der Waals surface area contributed by atoms with Crippen LogP contribution in [0.2, 0.25) is 0 Å². The van der Waals surface area contributed by atoms with E-state index in [1.165, 1.54) is 6.07 Å². The van der Waals surface area contributed by atoms with Crippen LogP contribution in [0, 0.1) is 0 Å². The van der Waals surface area contributed by atoms with E-state index in [0.29, 0.717) is 5.69 Å². The number of halogens is 2. The van der Waals surface area contributed by atoms with Crippen LogP contribution < -0.4 is 16.6 Å². The maximum absolute atomic E-state index is 12.0. The lowest BCUT2D eigenvalue weighted by Crippen LogP contribution is -2.42. The summed E-state index contributed by atoms with van der Waals surface area (Å²) < 4.78 is 5.34. The number of amidine groups is 1. The van der Waals surface area contributed by atoms with Crippen molar-refractivity contribution in [1.82, 2.24) is 10.9 Å². The number of hydrogen-bond donors (Lipinski definition) is 3. The molecule has 114 valence electrons. The predicted molar refractivity (Wildman–Crippen MR) is 83.8 cm³/mol. The number of nitrogens with two attached hydrogens (primary N) is 1. The van der Waals surface area contributed by atoms with Crippen LogP contribution in [0.15, 0.2) is 27.7 Å². The molecule has 0 aliphatic rings. The lowest BCUT2D eigenvalue weighted by Gasteiger charge is -2.09. The standard InChI is InChI=1S/C12H14BrClN4O3/c1-2-21-12(20)18-17-11(19)8-4-3-7(13)5-9(8)16-10(15)6-14/h3-5H,2,6H2,1H3,(H2,15,16)(H,17,19)(H,18,20). The first-order valence-corrected chi connectivity index (χ1v) is 7.22. The third kappa shape index (κ3) is 5.60. The van der Waals surface area contributed by atoms with Gasteiger partial charge in [-0.05, 0) is 25.1 Å². The number of amides is 2. The van der Waals surface area contributed by atoms with Gasteiger partial charge in [-0.1, -0.05) is 15.9 Å². The largest absolute Gasteiger partial charge is 0.449 e. The quantitative estimate of drug-likeness (QED) is 0.323. The highest BCUT2D eigenvalue weighted by atomic mass is 79.9. The molecule has 1 rings (SSSR count). The molecule has 0 aromatic heterocycles. The average Bonchev–Trinajstić information content (AvgIpc) is 2.45. The van der Waals surface area contributed by atoms with Gasteiger partial charge in [-0.25, -0.2) is 15.2 Å². The zero-order chi connectivity index (χ0) is 15.8. The molecule has 0 saturated heterocycles. The number of aliphatic imine (C=N–C) groups is 1. The molecule has 0 spiro atoms. The Balaban J connectivity index is 2.91. The molecule has 4 N–H and O–H groups in total. The Morgan fingerprint density at radius 1 is 1.43 bits per heavy atom. The first kappa shape index (κ1) is 17.3. The monoisotopic (exact) mass is 376 g/mol. The highest BCUT2D eigenvalue weighted by molar-refractivity contribution is 9.10. The van der Waals surface area contributed by atoms with Crippen LogP contribution >= 0.6 is 27.5 Å². The molecular formula is C12H14BrClN4O3. The Kier molecular flexibility index (Phi) is 6.97. The zero-order valence-corrected chi connectivity index (χ0v) is 13.5. The molecule has 0 bridgehead atoms. The van der Waals surface area contributed by atoms with E-state index in [0.717, 1.165) is 4.47 Å². The van der Waals surface area contributed by atoms with Crippen LogP contribution in [0.4, 0.5) is 10.5 Å². The summed E-state index contributed by atoms with van der Waals surface area (Å²) in [5, 5.41) is 0. The average molecular weight is 378 g/mol. The second-order valence-corrected chi connectivity index (χ2v) is 4.88. The van der Waals surface area contributed by atoms with Gasteiger partial charge in [0.05, 0.1) is 23.7 Å². The molecule has 7 nitrogen and oxygen atoms in total. The number of carbonyl (C=O) groups excluding carboxylic acids is 2. The number of rotatable bonds is 4. The molecule has 1 aromatic carbocycles. The summed E-state index contributed by atoms with van der Waals surface area (Å²) in [6, 6.07) is 4.81. The lowest BCUT2D eigenvalue weighted by molar-refractivity contribution is 0.0913. The Morgan fingerprint density at radius 3 is 2.76 bits per heavy atom. The summed E-state index contributed by atoms with van der Waals surface area (Å²) in [6.45, 7) is 1.85. The van der Waals surface area contributed by atoms with Crippen LogP contribution in [-0.4, -0.2) is 30.3 Å². The summed E-state index contributed by atoms with van der Waals surface area (Å²) >= 11 is 8.85. The summed E-state index contributed by atoms with van der Waals surface area (Å²) in [7, 11) is 0.